The van der Waals surface area contributed by atoms with Crippen molar-refractivity contribution in [1.82, 2.24) is 10.2 Å². The quantitative estimate of drug-likeness (QED) is 0.271. The smallest absolute Gasteiger partial charge is 0.264 e. The number of ether oxygens (including phenoxy) is 2. The van der Waals surface area contributed by atoms with Crippen LogP contribution in [0, 0.1) is 6.92 Å². The average molecular weight is 642 g/mol. The van der Waals surface area contributed by atoms with Crippen LogP contribution in [0.15, 0.2) is 71.6 Å². The van der Waals surface area contributed by atoms with E-state index in [0.717, 1.165) is 47.5 Å². The number of rotatable bonds is 12. The number of hydrogen-bond donors (Lipinski definition) is 1. The van der Waals surface area contributed by atoms with Gasteiger partial charge in [0.2, 0.25) is 11.8 Å². The SMILES string of the molecule is COc1ccc(CN(C(=O)CN(c2ccc(OC)c(Cl)c2)S(=O)(=O)c2ccc(C)cc2)[C@H](C)C(=O)NC2CCCCC2)cc1. The van der Waals surface area contributed by atoms with Crippen LogP contribution in [0.5, 0.6) is 11.5 Å². The monoisotopic (exact) mass is 641 g/mol. The molecule has 1 saturated carbocycles. The van der Waals surface area contributed by atoms with Gasteiger partial charge in [0.1, 0.15) is 24.1 Å². The summed E-state index contributed by atoms with van der Waals surface area (Å²) in [5.41, 5.74) is 1.84. The number of amides is 2. The predicted molar refractivity (Wildman–Crippen MR) is 172 cm³/mol. The largest absolute Gasteiger partial charge is 0.497 e. The Labute approximate surface area is 265 Å². The van der Waals surface area contributed by atoms with E-state index in [2.05, 4.69) is 5.32 Å². The number of carbonyl (C=O) groups excluding carboxylic acids is 2. The summed E-state index contributed by atoms with van der Waals surface area (Å²) in [6.45, 7) is 3.06. The van der Waals surface area contributed by atoms with Crippen LogP contribution in [0.1, 0.15) is 50.2 Å². The summed E-state index contributed by atoms with van der Waals surface area (Å²) in [5.74, 6) is 0.193. The van der Waals surface area contributed by atoms with Crippen LogP contribution in [0.4, 0.5) is 5.69 Å². The molecule has 0 radical (unpaired) electrons. The van der Waals surface area contributed by atoms with Gasteiger partial charge in [-0.2, -0.15) is 0 Å². The summed E-state index contributed by atoms with van der Waals surface area (Å²) >= 11 is 6.40. The number of hydrogen-bond acceptors (Lipinski definition) is 6. The molecule has 1 fully saturated rings. The van der Waals surface area contributed by atoms with Gasteiger partial charge in [0.25, 0.3) is 10.0 Å². The maximum Gasteiger partial charge on any atom is 0.264 e. The highest BCUT2D eigenvalue weighted by atomic mass is 35.5. The highest BCUT2D eigenvalue weighted by molar-refractivity contribution is 7.92. The summed E-state index contributed by atoms with van der Waals surface area (Å²) in [4.78, 5) is 29.1. The van der Waals surface area contributed by atoms with Crippen molar-refractivity contribution in [3.8, 4) is 11.5 Å². The van der Waals surface area contributed by atoms with Gasteiger partial charge >= 0.3 is 0 Å². The van der Waals surface area contributed by atoms with E-state index in [9.17, 15) is 18.0 Å². The van der Waals surface area contributed by atoms with E-state index in [4.69, 9.17) is 21.1 Å². The molecule has 0 heterocycles. The number of nitrogens with zero attached hydrogens (tertiary/aromatic N) is 2. The predicted octanol–water partition coefficient (Wildman–Crippen LogP) is 5.73. The van der Waals surface area contributed by atoms with Gasteiger partial charge in [-0.15, -0.1) is 0 Å². The number of sulfonamides is 1. The minimum atomic E-state index is -4.22. The van der Waals surface area contributed by atoms with E-state index in [-0.39, 0.29) is 34.1 Å². The van der Waals surface area contributed by atoms with Crippen molar-refractivity contribution in [3.63, 3.8) is 0 Å². The first-order valence-corrected chi connectivity index (χ1v) is 16.5. The van der Waals surface area contributed by atoms with Crippen molar-refractivity contribution in [2.45, 2.75) is 69.5 Å². The van der Waals surface area contributed by atoms with Gasteiger partial charge in [-0.05, 0) is 74.7 Å². The highest BCUT2D eigenvalue weighted by Crippen LogP contribution is 2.32. The maximum absolute atomic E-state index is 14.2. The van der Waals surface area contributed by atoms with E-state index in [1.54, 1.807) is 44.4 Å². The van der Waals surface area contributed by atoms with Gasteiger partial charge in [-0.1, -0.05) is 60.7 Å². The molecule has 0 unspecified atom stereocenters. The van der Waals surface area contributed by atoms with E-state index in [1.807, 2.05) is 19.1 Å². The summed E-state index contributed by atoms with van der Waals surface area (Å²) < 4.78 is 39.7. The second-order valence-corrected chi connectivity index (χ2v) is 13.3. The molecule has 1 N–H and O–H groups in total. The van der Waals surface area contributed by atoms with Crippen LogP contribution in [-0.4, -0.2) is 58.0 Å². The lowest BCUT2D eigenvalue weighted by atomic mass is 9.95. The first-order valence-electron chi connectivity index (χ1n) is 14.7. The van der Waals surface area contributed by atoms with Gasteiger partial charge in [0, 0.05) is 12.6 Å². The van der Waals surface area contributed by atoms with Crippen molar-refractivity contribution in [2.24, 2.45) is 0 Å². The van der Waals surface area contributed by atoms with Crippen molar-refractivity contribution in [3.05, 3.63) is 82.9 Å². The first kappa shape index (κ1) is 33.1. The summed E-state index contributed by atoms with van der Waals surface area (Å²) in [7, 11) is -1.19. The number of nitrogens with one attached hydrogen (secondary N) is 1. The molecule has 236 valence electrons. The van der Waals surface area contributed by atoms with Gasteiger partial charge in [-0.3, -0.25) is 13.9 Å². The minimum absolute atomic E-state index is 0.0210. The molecular formula is C33H40ClN3O6S. The Morgan fingerprint density at radius 2 is 1.61 bits per heavy atom. The van der Waals surface area contributed by atoms with Gasteiger partial charge in [0.15, 0.2) is 0 Å². The Morgan fingerprint density at radius 3 is 2.20 bits per heavy atom. The highest BCUT2D eigenvalue weighted by Gasteiger charge is 2.33. The zero-order valence-corrected chi connectivity index (χ0v) is 27.2. The van der Waals surface area contributed by atoms with Crippen LogP contribution in [0.2, 0.25) is 5.02 Å². The van der Waals surface area contributed by atoms with Crippen molar-refractivity contribution >= 4 is 39.1 Å². The molecule has 9 nitrogen and oxygen atoms in total. The van der Waals surface area contributed by atoms with Crippen LogP contribution in [0.25, 0.3) is 0 Å². The molecule has 0 spiro atoms. The summed E-state index contributed by atoms with van der Waals surface area (Å²) in [5, 5.41) is 3.30. The standard InChI is InChI=1S/C33H40ClN3O6S/c1-23-10-17-29(18-11-23)44(40,41)37(27-14-19-31(43-4)30(34)20-27)22-32(38)36(21-25-12-15-28(42-3)16-13-25)24(2)33(39)35-26-8-6-5-7-9-26/h10-20,24,26H,5-9,21-22H2,1-4H3,(H,35,39)/t24-/m1/s1. The van der Waals surface area contributed by atoms with E-state index in [0.29, 0.717) is 11.5 Å². The van der Waals surface area contributed by atoms with Gasteiger partial charge in [0.05, 0.1) is 29.8 Å². The number of anilines is 1. The topological polar surface area (TPSA) is 105 Å². The summed E-state index contributed by atoms with van der Waals surface area (Å²) in [6.07, 6.45) is 5.02. The molecule has 3 aromatic rings. The zero-order valence-electron chi connectivity index (χ0n) is 25.6. The van der Waals surface area contributed by atoms with Crippen LogP contribution in [0.3, 0.4) is 0 Å². The Balaban J connectivity index is 1.70. The number of methoxy groups -OCH3 is 2. The van der Waals surface area contributed by atoms with Gasteiger partial charge < -0.3 is 19.7 Å². The number of carbonyl (C=O) groups is 2. The Bertz CT molecular complexity index is 1540. The fourth-order valence-corrected chi connectivity index (χ4v) is 6.91. The second kappa shape index (κ2) is 14.8. The van der Waals surface area contributed by atoms with Crippen molar-refractivity contribution in [1.29, 1.82) is 0 Å². The number of halogens is 1. The molecule has 1 atom stereocenters. The first-order chi connectivity index (χ1) is 21.0. The Kier molecular flexibility index (Phi) is 11.2. The fraction of sp³-hybridized carbons (Fsp3) is 0.394. The number of aryl methyl sites for hydroxylation is 1. The molecule has 0 aromatic heterocycles. The second-order valence-electron chi connectivity index (χ2n) is 11.0. The third kappa shape index (κ3) is 8.04. The molecule has 0 saturated heterocycles. The van der Waals surface area contributed by atoms with Crippen molar-refractivity contribution in [2.75, 3.05) is 25.1 Å². The van der Waals surface area contributed by atoms with E-state index < -0.39 is 28.5 Å². The fourth-order valence-electron chi connectivity index (χ4n) is 5.26. The molecule has 1 aliphatic carbocycles. The Morgan fingerprint density at radius 1 is 0.955 bits per heavy atom. The van der Waals surface area contributed by atoms with Gasteiger partial charge in [-0.25, -0.2) is 8.42 Å². The third-order valence-corrected chi connectivity index (χ3v) is 10.0. The molecule has 3 aromatic carbocycles. The normalized spacial score (nSPS) is 14.4. The molecule has 4 rings (SSSR count). The molecule has 0 bridgehead atoms. The maximum atomic E-state index is 14.2. The summed E-state index contributed by atoms with van der Waals surface area (Å²) in [6, 6.07) is 17.3. The van der Waals surface area contributed by atoms with Crippen LogP contribution in [-0.2, 0) is 26.2 Å². The van der Waals surface area contributed by atoms with Crippen LogP contribution < -0.4 is 19.1 Å². The average Bonchev–Trinajstić information content (AvgIpc) is 3.02. The molecule has 2 amide bonds. The lowest BCUT2D eigenvalue weighted by Crippen LogP contribution is -2.53. The molecular weight excluding hydrogens is 602 g/mol. The zero-order chi connectivity index (χ0) is 31.9. The van der Waals surface area contributed by atoms with Crippen LogP contribution >= 0.6 is 11.6 Å². The van der Waals surface area contributed by atoms with E-state index in [1.165, 1.54) is 36.3 Å². The lowest BCUT2D eigenvalue weighted by molar-refractivity contribution is -0.139. The third-order valence-electron chi connectivity index (χ3n) is 7.94. The molecule has 44 heavy (non-hydrogen) atoms. The molecule has 0 aliphatic heterocycles. The number of benzene rings is 3. The lowest BCUT2D eigenvalue weighted by Gasteiger charge is -2.33. The Hall–Kier alpha value is -3.76. The molecule has 11 heteroatoms. The minimum Gasteiger partial charge on any atom is -0.497 e. The molecule has 1 aliphatic rings. The van der Waals surface area contributed by atoms with Crippen molar-refractivity contribution < 1.29 is 27.5 Å². The van der Waals surface area contributed by atoms with E-state index >= 15 is 0 Å².